The molecule has 0 fully saturated rings. The lowest BCUT2D eigenvalue weighted by Gasteiger charge is -2.09. The molecule has 0 atom stereocenters. The van der Waals surface area contributed by atoms with Gasteiger partial charge in [-0.2, -0.15) is 4.98 Å². The SMILES string of the molecule is Cn1c2c(c(=O)n(Cc3nc(CCc4ccc(Cl)cc4)no3)c1=O)CNC2. The van der Waals surface area contributed by atoms with Crippen molar-refractivity contribution in [2.24, 2.45) is 7.05 Å². The van der Waals surface area contributed by atoms with E-state index in [1.165, 1.54) is 4.57 Å². The summed E-state index contributed by atoms with van der Waals surface area (Å²) in [7, 11) is 1.66. The lowest BCUT2D eigenvalue weighted by molar-refractivity contribution is 0.361. The van der Waals surface area contributed by atoms with Crippen LogP contribution in [0, 0.1) is 0 Å². The van der Waals surface area contributed by atoms with Crippen molar-refractivity contribution in [2.75, 3.05) is 0 Å². The Hall–Kier alpha value is -2.71. The van der Waals surface area contributed by atoms with Crippen LogP contribution in [0.1, 0.15) is 28.5 Å². The van der Waals surface area contributed by atoms with Crippen molar-refractivity contribution in [3.63, 3.8) is 0 Å². The van der Waals surface area contributed by atoms with Crippen LogP contribution in [0.5, 0.6) is 0 Å². The molecule has 0 saturated heterocycles. The Morgan fingerprint density at radius 1 is 1.19 bits per heavy atom. The van der Waals surface area contributed by atoms with Gasteiger partial charge in [0.15, 0.2) is 5.82 Å². The largest absolute Gasteiger partial charge is 0.337 e. The molecule has 0 unspecified atom stereocenters. The van der Waals surface area contributed by atoms with E-state index < -0.39 is 0 Å². The van der Waals surface area contributed by atoms with Crippen LogP contribution in [0.2, 0.25) is 5.02 Å². The van der Waals surface area contributed by atoms with Crippen molar-refractivity contribution in [3.05, 3.63) is 78.7 Å². The zero-order valence-electron chi connectivity index (χ0n) is 14.7. The van der Waals surface area contributed by atoms with E-state index in [4.69, 9.17) is 16.1 Å². The first-order valence-corrected chi connectivity index (χ1v) is 8.99. The number of nitrogens with zero attached hydrogens (tertiary/aromatic N) is 4. The highest BCUT2D eigenvalue weighted by molar-refractivity contribution is 6.30. The van der Waals surface area contributed by atoms with Gasteiger partial charge in [0, 0.05) is 37.3 Å². The van der Waals surface area contributed by atoms with Gasteiger partial charge >= 0.3 is 5.69 Å². The number of hydrogen-bond acceptors (Lipinski definition) is 6. The molecular weight excluding hydrogens is 370 g/mol. The Morgan fingerprint density at radius 3 is 2.74 bits per heavy atom. The van der Waals surface area contributed by atoms with E-state index in [1.807, 2.05) is 24.3 Å². The Morgan fingerprint density at radius 2 is 1.96 bits per heavy atom. The van der Waals surface area contributed by atoms with Gasteiger partial charge in [0.2, 0.25) is 5.89 Å². The maximum absolute atomic E-state index is 12.6. The number of aromatic nitrogens is 4. The molecule has 8 nitrogen and oxygen atoms in total. The Bertz CT molecular complexity index is 1100. The predicted molar refractivity (Wildman–Crippen MR) is 98.7 cm³/mol. The molecule has 1 aromatic carbocycles. The van der Waals surface area contributed by atoms with E-state index in [0.29, 0.717) is 35.9 Å². The fourth-order valence-electron chi connectivity index (χ4n) is 3.22. The van der Waals surface area contributed by atoms with Gasteiger partial charge in [-0.3, -0.25) is 13.9 Å². The molecule has 1 aliphatic rings. The lowest BCUT2D eigenvalue weighted by atomic mass is 10.1. The summed E-state index contributed by atoms with van der Waals surface area (Å²) < 4.78 is 7.88. The zero-order chi connectivity index (χ0) is 19.0. The molecule has 3 aromatic rings. The topological polar surface area (TPSA) is 94.9 Å². The van der Waals surface area contributed by atoms with Crippen LogP contribution in [0.3, 0.4) is 0 Å². The lowest BCUT2D eigenvalue weighted by Crippen LogP contribution is -2.42. The second kappa shape index (κ2) is 7.13. The van der Waals surface area contributed by atoms with Crippen LogP contribution in [0.15, 0.2) is 38.4 Å². The number of fused-ring (bicyclic) bond motifs is 1. The third-order valence-electron chi connectivity index (χ3n) is 4.72. The molecule has 4 rings (SSSR count). The molecule has 1 aliphatic heterocycles. The average Bonchev–Trinajstić information content (AvgIpc) is 3.33. The molecule has 0 radical (unpaired) electrons. The minimum atomic E-state index is -0.386. The van der Waals surface area contributed by atoms with Crippen LogP contribution in [-0.4, -0.2) is 19.3 Å². The van der Waals surface area contributed by atoms with E-state index in [2.05, 4.69) is 15.5 Å². The van der Waals surface area contributed by atoms with Gasteiger partial charge in [0.1, 0.15) is 6.54 Å². The van der Waals surface area contributed by atoms with Gasteiger partial charge < -0.3 is 9.84 Å². The number of nitrogens with one attached hydrogen (secondary N) is 1. The van der Waals surface area contributed by atoms with Gasteiger partial charge in [0.05, 0.1) is 5.56 Å². The van der Waals surface area contributed by atoms with Crippen molar-refractivity contribution in [1.82, 2.24) is 24.6 Å². The summed E-state index contributed by atoms with van der Waals surface area (Å²) in [6.45, 7) is 0.942. The number of aryl methyl sites for hydroxylation is 2. The van der Waals surface area contributed by atoms with Gasteiger partial charge in [0.25, 0.3) is 5.56 Å². The summed E-state index contributed by atoms with van der Waals surface area (Å²) in [4.78, 5) is 29.4. The molecule has 0 bridgehead atoms. The van der Waals surface area contributed by atoms with Crippen LogP contribution >= 0.6 is 11.6 Å². The van der Waals surface area contributed by atoms with Crippen LogP contribution in [-0.2, 0) is 39.5 Å². The molecule has 0 spiro atoms. The van der Waals surface area contributed by atoms with Crippen LogP contribution < -0.4 is 16.6 Å². The summed E-state index contributed by atoms with van der Waals surface area (Å²) in [5.74, 6) is 0.777. The molecule has 9 heteroatoms. The van der Waals surface area contributed by atoms with Crippen molar-refractivity contribution in [3.8, 4) is 0 Å². The summed E-state index contributed by atoms with van der Waals surface area (Å²) in [6, 6.07) is 7.57. The van der Waals surface area contributed by atoms with Crippen LogP contribution in [0.25, 0.3) is 0 Å². The van der Waals surface area contributed by atoms with Crippen molar-refractivity contribution >= 4 is 11.6 Å². The monoisotopic (exact) mass is 387 g/mol. The molecular formula is C18H18ClN5O3. The summed E-state index contributed by atoms with van der Waals surface area (Å²) in [5, 5.41) is 7.74. The summed E-state index contributed by atoms with van der Waals surface area (Å²) >= 11 is 5.88. The third kappa shape index (κ3) is 3.45. The second-order valence-electron chi connectivity index (χ2n) is 6.49. The molecule has 2 aromatic heterocycles. The van der Waals surface area contributed by atoms with Gasteiger partial charge in [-0.1, -0.05) is 28.9 Å². The van der Waals surface area contributed by atoms with E-state index in [9.17, 15) is 9.59 Å². The highest BCUT2D eigenvalue weighted by atomic mass is 35.5. The highest BCUT2D eigenvalue weighted by Gasteiger charge is 2.22. The Kier molecular flexibility index (Phi) is 4.67. The predicted octanol–water partition coefficient (Wildman–Crippen LogP) is 1.02. The van der Waals surface area contributed by atoms with Crippen molar-refractivity contribution in [2.45, 2.75) is 32.5 Å². The third-order valence-corrected chi connectivity index (χ3v) is 4.97. The first-order valence-electron chi connectivity index (χ1n) is 8.61. The maximum Gasteiger partial charge on any atom is 0.331 e. The molecule has 140 valence electrons. The Balaban J connectivity index is 1.52. The van der Waals surface area contributed by atoms with E-state index in [-0.39, 0.29) is 23.7 Å². The smallest absolute Gasteiger partial charge is 0.331 e. The minimum Gasteiger partial charge on any atom is -0.337 e. The van der Waals surface area contributed by atoms with Crippen molar-refractivity contribution in [1.29, 1.82) is 0 Å². The van der Waals surface area contributed by atoms with Gasteiger partial charge in [-0.25, -0.2) is 4.79 Å². The van der Waals surface area contributed by atoms with Gasteiger partial charge in [-0.05, 0) is 24.1 Å². The molecule has 27 heavy (non-hydrogen) atoms. The second-order valence-corrected chi connectivity index (χ2v) is 6.93. The van der Waals surface area contributed by atoms with Crippen molar-refractivity contribution < 1.29 is 4.52 Å². The number of benzene rings is 1. The quantitative estimate of drug-likeness (QED) is 0.702. The average molecular weight is 388 g/mol. The van der Waals surface area contributed by atoms with Crippen LogP contribution in [0.4, 0.5) is 0 Å². The molecule has 0 aliphatic carbocycles. The number of hydrogen-bond donors (Lipinski definition) is 1. The van der Waals surface area contributed by atoms with Gasteiger partial charge in [-0.15, -0.1) is 0 Å². The molecule has 0 saturated carbocycles. The summed E-state index contributed by atoms with van der Waals surface area (Å²) in [6.07, 6.45) is 1.33. The van der Waals surface area contributed by atoms with E-state index in [1.54, 1.807) is 7.05 Å². The molecule has 3 heterocycles. The molecule has 0 amide bonds. The first kappa shape index (κ1) is 17.7. The first-order chi connectivity index (χ1) is 13.0. The summed E-state index contributed by atoms with van der Waals surface area (Å²) in [5.41, 5.74) is 1.76. The zero-order valence-corrected chi connectivity index (χ0v) is 15.5. The normalized spacial score (nSPS) is 13.1. The van der Waals surface area contributed by atoms with E-state index >= 15 is 0 Å². The number of rotatable bonds is 5. The fourth-order valence-corrected chi connectivity index (χ4v) is 3.34. The minimum absolute atomic E-state index is 0.0350. The van der Waals surface area contributed by atoms with E-state index in [0.717, 1.165) is 22.2 Å². The standard InChI is InChI=1S/C18H18ClN5O3/c1-23-14-9-20-8-13(14)17(25)24(18(23)26)10-16-21-15(22-27-16)7-4-11-2-5-12(19)6-3-11/h2-3,5-6,20H,4,7-10H2,1H3. The Labute approximate surface area is 159 Å². The maximum atomic E-state index is 12.6. The fraction of sp³-hybridized carbons (Fsp3) is 0.333. The molecule has 1 N–H and O–H groups in total. The number of halogens is 1. The highest BCUT2D eigenvalue weighted by Crippen LogP contribution is 2.12.